The maximum Gasteiger partial charge on any atom is -0.0185 e. The van der Waals surface area contributed by atoms with Crippen molar-refractivity contribution in [2.24, 2.45) is 17.8 Å². The van der Waals surface area contributed by atoms with Gasteiger partial charge in [-0.25, -0.2) is 0 Å². The van der Waals surface area contributed by atoms with Crippen molar-refractivity contribution in [2.75, 3.05) is 0 Å². The van der Waals surface area contributed by atoms with E-state index >= 15 is 0 Å². The number of hydrogen-bond acceptors (Lipinski definition) is 0. The lowest BCUT2D eigenvalue weighted by Crippen LogP contribution is -2.17. The van der Waals surface area contributed by atoms with Gasteiger partial charge in [0.15, 0.2) is 0 Å². The first-order valence-corrected chi connectivity index (χ1v) is 4.38. The van der Waals surface area contributed by atoms with Crippen LogP contribution in [-0.2, 0) is 0 Å². The molecule has 0 heteroatoms. The van der Waals surface area contributed by atoms with Gasteiger partial charge < -0.3 is 0 Å². The van der Waals surface area contributed by atoms with Gasteiger partial charge in [0.1, 0.15) is 0 Å². The lowest BCUT2D eigenvalue weighted by Gasteiger charge is -2.27. The van der Waals surface area contributed by atoms with Crippen LogP contribution in [-0.4, -0.2) is 0 Å². The van der Waals surface area contributed by atoms with Gasteiger partial charge in [-0.15, -0.1) is 0 Å². The quantitative estimate of drug-likeness (QED) is 0.488. The zero-order valence-electron chi connectivity index (χ0n) is 7.30. The van der Waals surface area contributed by atoms with Crippen molar-refractivity contribution in [1.82, 2.24) is 0 Å². The third-order valence-corrected chi connectivity index (χ3v) is 2.57. The van der Waals surface area contributed by atoms with Crippen LogP contribution in [0.25, 0.3) is 0 Å². The lowest BCUT2D eigenvalue weighted by molar-refractivity contribution is 0.306. The molecule has 1 rings (SSSR count). The fourth-order valence-electron chi connectivity index (χ4n) is 1.87. The van der Waals surface area contributed by atoms with E-state index in [0.29, 0.717) is 0 Å². The van der Waals surface area contributed by atoms with Crippen LogP contribution >= 0.6 is 0 Å². The van der Waals surface area contributed by atoms with E-state index in [2.05, 4.69) is 32.9 Å². The van der Waals surface area contributed by atoms with Crippen LogP contribution in [0.1, 0.15) is 33.6 Å². The van der Waals surface area contributed by atoms with Crippen molar-refractivity contribution in [2.45, 2.75) is 33.6 Å². The minimum absolute atomic E-state index is 0.826. The van der Waals surface area contributed by atoms with Gasteiger partial charge in [0.25, 0.3) is 0 Å². The molecule has 0 saturated heterocycles. The third-order valence-electron chi connectivity index (χ3n) is 2.57. The van der Waals surface area contributed by atoms with Gasteiger partial charge in [-0.1, -0.05) is 32.9 Å². The Morgan fingerprint density at radius 3 is 2.50 bits per heavy atom. The Balaban J connectivity index is 2.55. The average molecular weight is 138 g/mol. The second-order valence-corrected chi connectivity index (χ2v) is 3.80. The van der Waals surface area contributed by atoms with Crippen molar-refractivity contribution in [1.29, 1.82) is 0 Å². The molecule has 0 aromatic carbocycles. The van der Waals surface area contributed by atoms with Gasteiger partial charge in [-0.3, -0.25) is 0 Å². The standard InChI is InChI=1S/C10H18/c1-8(2)10-7-5-4-6-9(10)3/h5,7-10H,4,6H2,1-3H3. The SMILES string of the molecule is CC(C)C1C=CCCC1C. The van der Waals surface area contributed by atoms with E-state index in [1.165, 1.54) is 12.8 Å². The van der Waals surface area contributed by atoms with Crippen molar-refractivity contribution in [3.8, 4) is 0 Å². The minimum atomic E-state index is 0.826. The molecule has 1 aliphatic carbocycles. The van der Waals surface area contributed by atoms with Crippen LogP contribution in [0.15, 0.2) is 12.2 Å². The highest BCUT2D eigenvalue weighted by Gasteiger charge is 2.19. The van der Waals surface area contributed by atoms with Gasteiger partial charge in [-0.2, -0.15) is 0 Å². The molecule has 0 bridgehead atoms. The molecule has 0 saturated carbocycles. The molecule has 10 heavy (non-hydrogen) atoms. The van der Waals surface area contributed by atoms with Crippen molar-refractivity contribution < 1.29 is 0 Å². The zero-order valence-corrected chi connectivity index (χ0v) is 7.30. The molecule has 0 radical (unpaired) electrons. The Labute approximate surface area is 64.3 Å². The lowest BCUT2D eigenvalue weighted by atomic mass is 9.79. The monoisotopic (exact) mass is 138 g/mol. The van der Waals surface area contributed by atoms with Crippen molar-refractivity contribution >= 4 is 0 Å². The first-order valence-electron chi connectivity index (χ1n) is 4.38. The van der Waals surface area contributed by atoms with Crippen LogP contribution < -0.4 is 0 Å². The van der Waals surface area contributed by atoms with Crippen molar-refractivity contribution in [3.63, 3.8) is 0 Å². The minimum Gasteiger partial charge on any atom is -0.0882 e. The summed E-state index contributed by atoms with van der Waals surface area (Å²) < 4.78 is 0. The van der Waals surface area contributed by atoms with E-state index in [0.717, 1.165) is 17.8 Å². The molecule has 0 amide bonds. The van der Waals surface area contributed by atoms with Gasteiger partial charge in [0.2, 0.25) is 0 Å². The molecule has 58 valence electrons. The van der Waals surface area contributed by atoms with E-state index in [-0.39, 0.29) is 0 Å². The molecule has 1 aliphatic rings. The molecule has 0 aromatic rings. The van der Waals surface area contributed by atoms with E-state index < -0.39 is 0 Å². The Kier molecular flexibility index (Phi) is 2.53. The molecular formula is C10H18. The molecule has 2 unspecified atom stereocenters. The van der Waals surface area contributed by atoms with Crippen LogP contribution in [0.2, 0.25) is 0 Å². The predicted molar refractivity (Wildman–Crippen MR) is 45.9 cm³/mol. The molecular weight excluding hydrogens is 120 g/mol. The van der Waals surface area contributed by atoms with E-state index in [9.17, 15) is 0 Å². The Morgan fingerprint density at radius 1 is 1.40 bits per heavy atom. The molecule has 0 heterocycles. The molecule has 0 nitrogen and oxygen atoms in total. The van der Waals surface area contributed by atoms with Gasteiger partial charge in [0, 0.05) is 0 Å². The molecule has 0 aliphatic heterocycles. The van der Waals surface area contributed by atoms with Crippen molar-refractivity contribution in [3.05, 3.63) is 12.2 Å². The Bertz CT molecular complexity index is 122. The first-order chi connectivity index (χ1) is 4.72. The normalized spacial score (nSPS) is 33.2. The summed E-state index contributed by atoms with van der Waals surface area (Å²) in [5.74, 6) is 2.57. The molecule has 0 spiro atoms. The summed E-state index contributed by atoms with van der Waals surface area (Å²) in [6.07, 6.45) is 7.42. The topological polar surface area (TPSA) is 0 Å². The van der Waals surface area contributed by atoms with Crippen LogP contribution in [0, 0.1) is 17.8 Å². The summed E-state index contributed by atoms with van der Waals surface area (Å²) in [6, 6.07) is 0. The fourth-order valence-corrected chi connectivity index (χ4v) is 1.87. The van der Waals surface area contributed by atoms with Crippen LogP contribution in [0.5, 0.6) is 0 Å². The zero-order chi connectivity index (χ0) is 7.56. The second kappa shape index (κ2) is 3.23. The second-order valence-electron chi connectivity index (χ2n) is 3.80. The summed E-state index contributed by atoms with van der Waals surface area (Å²) >= 11 is 0. The van der Waals surface area contributed by atoms with Gasteiger partial charge in [0.05, 0.1) is 0 Å². The number of hydrogen-bond donors (Lipinski definition) is 0. The third kappa shape index (κ3) is 1.62. The molecule has 0 N–H and O–H groups in total. The predicted octanol–water partition coefficient (Wildman–Crippen LogP) is 3.24. The van der Waals surface area contributed by atoms with Crippen LogP contribution in [0.3, 0.4) is 0 Å². The average Bonchev–Trinajstić information content (AvgIpc) is 1.88. The summed E-state index contributed by atoms with van der Waals surface area (Å²) in [6.45, 7) is 7.00. The van der Waals surface area contributed by atoms with Gasteiger partial charge in [-0.05, 0) is 30.6 Å². The van der Waals surface area contributed by atoms with E-state index in [4.69, 9.17) is 0 Å². The van der Waals surface area contributed by atoms with E-state index in [1.54, 1.807) is 0 Å². The summed E-state index contributed by atoms with van der Waals surface area (Å²) in [7, 11) is 0. The van der Waals surface area contributed by atoms with Gasteiger partial charge >= 0.3 is 0 Å². The number of allylic oxidation sites excluding steroid dienone is 2. The maximum absolute atomic E-state index is 2.40. The number of rotatable bonds is 1. The highest BCUT2D eigenvalue weighted by molar-refractivity contribution is 4.96. The Morgan fingerprint density at radius 2 is 2.10 bits per heavy atom. The largest absolute Gasteiger partial charge is 0.0882 e. The maximum atomic E-state index is 2.40. The smallest absolute Gasteiger partial charge is 0.0185 e. The van der Waals surface area contributed by atoms with E-state index in [1.807, 2.05) is 0 Å². The molecule has 0 fully saturated rings. The molecule has 2 atom stereocenters. The summed E-state index contributed by atoms with van der Waals surface area (Å²) in [4.78, 5) is 0. The summed E-state index contributed by atoms with van der Waals surface area (Å²) in [5.41, 5.74) is 0. The highest BCUT2D eigenvalue weighted by atomic mass is 14.2. The Hall–Kier alpha value is -0.260. The highest BCUT2D eigenvalue weighted by Crippen LogP contribution is 2.29. The molecule has 0 aromatic heterocycles. The fraction of sp³-hybridized carbons (Fsp3) is 0.800. The first kappa shape index (κ1) is 7.84. The van der Waals surface area contributed by atoms with Crippen LogP contribution in [0.4, 0.5) is 0 Å². The summed E-state index contributed by atoms with van der Waals surface area (Å²) in [5, 5.41) is 0.